The Kier molecular flexibility index (Phi) is 7.27. The van der Waals surface area contributed by atoms with Gasteiger partial charge in [0.25, 0.3) is 11.8 Å². The number of thiophene rings is 1. The van der Waals surface area contributed by atoms with Gasteiger partial charge in [0.15, 0.2) is 0 Å². The number of hydrogen-bond acceptors (Lipinski definition) is 5. The van der Waals surface area contributed by atoms with Gasteiger partial charge in [0.1, 0.15) is 0 Å². The summed E-state index contributed by atoms with van der Waals surface area (Å²) in [5, 5.41) is 2.93. The molecule has 2 heterocycles. The van der Waals surface area contributed by atoms with Crippen LogP contribution >= 0.6 is 27.3 Å². The lowest BCUT2D eigenvalue weighted by Crippen LogP contribution is -2.37. The number of benzene rings is 1. The molecule has 1 aliphatic rings. The number of likely N-dealkylation sites (N-methyl/N-ethyl adjacent to an activating group) is 1. The molecule has 0 spiro atoms. The highest BCUT2D eigenvalue weighted by Gasteiger charge is 2.32. The number of carbonyl (C=O) groups excluding carboxylic acids is 3. The standard InChI is InChI=1S/C21H25BrN4O3S/c1-3-25(9-8-23)21(29)16-5-4-15(10-13(16)2)26-12-14(11-19(26)27)24-20(28)17-6-7-18(22)30-17/h4-7,10,14H,3,8-9,11-12,23H2,1-2H3,(H,24,28). The number of anilines is 1. The van der Waals surface area contributed by atoms with Gasteiger partial charge in [-0.2, -0.15) is 0 Å². The lowest BCUT2D eigenvalue weighted by molar-refractivity contribution is -0.117. The Morgan fingerprint density at radius 1 is 1.33 bits per heavy atom. The number of hydrogen-bond donors (Lipinski definition) is 2. The second kappa shape index (κ2) is 9.72. The number of nitrogens with zero attached hydrogens (tertiary/aromatic N) is 2. The number of aryl methyl sites for hydroxylation is 1. The molecule has 1 fully saturated rings. The van der Waals surface area contributed by atoms with Crippen molar-refractivity contribution in [3.05, 3.63) is 50.1 Å². The molecule has 0 aliphatic carbocycles. The van der Waals surface area contributed by atoms with E-state index in [0.29, 0.717) is 36.6 Å². The minimum atomic E-state index is -0.257. The number of rotatable bonds is 7. The number of halogens is 1. The van der Waals surface area contributed by atoms with E-state index in [1.807, 2.05) is 26.0 Å². The number of amides is 3. The summed E-state index contributed by atoms with van der Waals surface area (Å²) in [7, 11) is 0. The minimum Gasteiger partial charge on any atom is -0.346 e. The Labute approximate surface area is 188 Å². The van der Waals surface area contributed by atoms with Crippen LogP contribution in [0, 0.1) is 6.92 Å². The van der Waals surface area contributed by atoms with E-state index in [2.05, 4.69) is 21.2 Å². The fraction of sp³-hybridized carbons (Fsp3) is 0.381. The van der Waals surface area contributed by atoms with Crippen molar-refractivity contribution in [3.63, 3.8) is 0 Å². The molecule has 0 bridgehead atoms. The van der Waals surface area contributed by atoms with Crippen LogP contribution in [0.25, 0.3) is 0 Å². The van der Waals surface area contributed by atoms with Crippen molar-refractivity contribution < 1.29 is 14.4 Å². The maximum absolute atomic E-state index is 12.7. The Morgan fingerprint density at radius 3 is 2.70 bits per heavy atom. The van der Waals surface area contributed by atoms with Crippen molar-refractivity contribution in [1.82, 2.24) is 10.2 Å². The molecule has 1 aromatic heterocycles. The van der Waals surface area contributed by atoms with Crippen molar-refractivity contribution >= 4 is 50.7 Å². The quantitative estimate of drug-likeness (QED) is 0.620. The van der Waals surface area contributed by atoms with Crippen LogP contribution in [0.2, 0.25) is 0 Å². The maximum Gasteiger partial charge on any atom is 0.261 e. The molecule has 3 N–H and O–H groups in total. The summed E-state index contributed by atoms with van der Waals surface area (Å²) in [4.78, 5) is 41.6. The predicted molar refractivity (Wildman–Crippen MR) is 122 cm³/mol. The molecule has 1 atom stereocenters. The summed E-state index contributed by atoms with van der Waals surface area (Å²) < 4.78 is 0.884. The molecule has 1 aromatic carbocycles. The molecule has 7 nitrogen and oxygen atoms in total. The zero-order valence-corrected chi connectivity index (χ0v) is 19.4. The highest BCUT2D eigenvalue weighted by Crippen LogP contribution is 2.26. The average Bonchev–Trinajstić information content (AvgIpc) is 3.31. The van der Waals surface area contributed by atoms with E-state index in [-0.39, 0.29) is 30.2 Å². The van der Waals surface area contributed by atoms with Gasteiger partial charge >= 0.3 is 0 Å². The zero-order chi connectivity index (χ0) is 21.8. The van der Waals surface area contributed by atoms with Crippen LogP contribution in [0.5, 0.6) is 0 Å². The summed E-state index contributed by atoms with van der Waals surface area (Å²) in [5.74, 6) is -0.293. The van der Waals surface area contributed by atoms with Crippen LogP contribution in [0.4, 0.5) is 5.69 Å². The van der Waals surface area contributed by atoms with Crippen LogP contribution in [0.3, 0.4) is 0 Å². The lowest BCUT2D eigenvalue weighted by Gasteiger charge is -2.22. The molecule has 0 saturated carbocycles. The molecule has 9 heteroatoms. The topological polar surface area (TPSA) is 95.7 Å². The monoisotopic (exact) mass is 492 g/mol. The van der Waals surface area contributed by atoms with Crippen molar-refractivity contribution in [2.24, 2.45) is 5.73 Å². The van der Waals surface area contributed by atoms with E-state index >= 15 is 0 Å². The van der Waals surface area contributed by atoms with Gasteiger partial charge < -0.3 is 20.9 Å². The molecular weight excluding hydrogens is 468 g/mol. The molecule has 30 heavy (non-hydrogen) atoms. The fourth-order valence-corrected chi connectivity index (χ4v) is 4.82. The summed E-state index contributed by atoms with van der Waals surface area (Å²) in [5.41, 5.74) is 7.73. The summed E-state index contributed by atoms with van der Waals surface area (Å²) in [6, 6.07) is 8.71. The summed E-state index contributed by atoms with van der Waals surface area (Å²) in [6.45, 7) is 5.69. The number of nitrogens with one attached hydrogen (secondary N) is 1. The SMILES string of the molecule is CCN(CCN)C(=O)c1ccc(N2CC(NC(=O)c3ccc(Br)s3)CC2=O)cc1C. The highest BCUT2D eigenvalue weighted by atomic mass is 79.9. The molecule has 1 saturated heterocycles. The third-order valence-electron chi connectivity index (χ3n) is 5.08. The number of nitrogens with two attached hydrogens (primary N) is 1. The van der Waals surface area contributed by atoms with Gasteiger partial charge in [-0.3, -0.25) is 14.4 Å². The van der Waals surface area contributed by atoms with E-state index in [1.165, 1.54) is 11.3 Å². The highest BCUT2D eigenvalue weighted by molar-refractivity contribution is 9.11. The van der Waals surface area contributed by atoms with Crippen LogP contribution < -0.4 is 16.0 Å². The Bertz CT molecular complexity index is 961. The van der Waals surface area contributed by atoms with E-state index in [1.54, 1.807) is 28.0 Å². The smallest absolute Gasteiger partial charge is 0.261 e. The maximum atomic E-state index is 12.7. The first-order valence-corrected chi connectivity index (χ1v) is 11.4. The first-order valence-electron chi connectivity index (χ1n) is 9.80. The van der Waals surface area contributed by atoms with Crippen molar-refractivity contribution in [3.8, 4) is 0 Å². The van der Waals surface area contributed by atoms with Gasteiger partial charge in [-0.1, -0.05) is 0 Å². The molecule has 1 unspecified atom stereocenters. The molecule has 2 aromatic rings. The van der Waals surface area contributed by atoms with Crippen LogP contribution in [0.1, 0.15) is 38.9 Å². The molecule has 0 radical (unpaired) electrons. The van der Waals surface area contributed by atoms with Crippen LogP contribution in [-0.2, 0) is 4.79 Å². The predicted octanol–water partition coefficient (Wildman–Crippen LogP) is 2.78. The zero-order valence-electron chi connectivity index (χ0n) is 17.0. The molecule has 1 aliphatic heterocycles. The van der Waals surface area contributed by atoms with Crippen LogP contribution in [0.15, 0.2) is 34.1 Å². The Balaban J connectivity index is 1.70. The second-order valence-corrected chi connectivity index (χ2v) is 9.62. The minimum absolute atomic E-state index is 0.0514. The van der Waals surface area contributed by atoms with Crippen molar-refractivity contribution in [1.29, 1.82) is 0 Å². The van der Waals surface area contributed by atoms with Gasteiger partial charge in [-0.15, -0.1) is 11.3 Å². The van der Waals surface area contributed by atoms with Crippen molar-refractivity contribution in [2.45, 2.75) is 26.3 Å². The van der Waals surface area contributed by atoms with Gasteiger partial charge in [0.05, 0.1) is 14.7 Å². The fourth-order valence-electron chi connectivity index (χ4n) is 3.53. The molecule has 3 rings (SSSR count). The summed E-state index contributed by atoms with van der Waals surface area (Å²) in [6.07, 6.45) is 0.248. The van der Waals surface area contributed by atoms with Gasteiger partial charge in [0.2, 0.25) is 5.91 Å². The Hall–Kier alpha value is -2.23. The van der Waals surface area contributed by atoms with Gasteiger partial charge in [0, 0.05) is 43.9 Å². The third-order valence-corrected chi connectivity index (χ3v) is 6.70. The van der Waals surface area contributed by atoms with E-state index in [9.17, 15) is 14.4 Å². The lowest BCUT2D eigenvalue weighted by atomic mass is 10.1. The van der Waals surface area contributed by atoms with Crippen LogP contribution in [-0.4, -0.2) is 54.8 Å². The van der Waals surface area contributed by atoms with E-state index < -0.39 is 0 Å². The normalized spacial score (nSPS) is 16.1. The molecule has 160 valence electrons. The third kappa shape index (κ3) is 4.91. The van der Waals surface area contributed by atoms with Gasteiger partial charge in [-0.25, -0.2) is 0 Å². The van der Waals surface area contributed by atoms with Crippen molar-refractivity contribution in [2.75, 3.05) is 31.1 Å². The first kappa shape index (κ1) is 22.5. The second-order valence-electron chi connectivity index (χ2n) is 7.16. The van der Waals surface area contributed by atoms with E-state index in [0.717, 1.165) is 15.0 Å². The molecular formula is C21H25BrN4O3S. The largest absolute Gasteiger partial charge is 0.346 e. The first-order chi connectivity index (χ1) is 14.3. The van der Waals surface area contributed by atoms with Gasteiger partial charge in [-0.05, 0) is 65.7 Å². The molecule has 3 amide bonds. The average molecular weight is 493 g/mol. The Morgan fingerprint density at radius 2 is 2.10 bits per heavy atom. The van der Waals surface area contributed by atoms with E-state index in [4.69, 9.17) is 5.73 Å². The summed E-state index contributed by atoms with van der Waals surface area (Å²) >= 11 is 4.70. The number of carbonyl (C=O) groups is 3.